The van der Waals surface area contributed by atoms with Crippen LogP contribution < -0.4 is 16.0 Å². The van der Waals surface area contributed by atoms with Crippen LogP contribution in [0.2, 0.25) is 10.0 Å². The smallest absolute Gasteiger partial charge is 0.158 e. The van der Waals surface area contributed by atoms with Crippen molar-refractivity contribution in [3.05, 3.63) is 44.7 Å². The Balaban J connectivity index is 2.07. The van der Waals surface area contributed by atoms with E-state index in [4.69, 9.17) is 33.8 Å². The van der Waals surface area contributed by atoms with E-state index >= 15 is 0 Å². The van der Waals surface area contributed by atoms with Gasteiger partial charge in [0.15, 0.2) is 5.82 Å². The maximum absolute atomic E-state index is 6.04. The highest BCUT2D eigenvalue weighted by Gasteiger charge is 2.07. The van der Waals surface area contributed by atoms with Crippen LogP contribution in [0.1, 0.15) is 5.69 Å². The van der Waals surface area contributed by atoms with Gasteiger partial charge < -0.3 is 10.2 Å². The zero-order chi connectivity index (χ0) is 13.8. The van der Waals surface area contributed by atoms with Crippen molar-refractivity contribution in [2.24, 2.45) is 5.84 Å². The average molecular weight is 364 g/mol. The first-order valence-electron chi connectivity index (χ1n) is 5.15. The molecule has 0 atom stereocenters. The van der Waals surface area contributed by atoms with Crippen LogP contribution in [0.4, 0.5) is 5.82 Å². The van der Waals surface area contributed by atoms with Gasteiger partial charge >= 0.3 is 0 Å². The molecule has 2 aromatic rings. The molecule has 1 aromatic heterocycles. The molecule has 2 rings (SSSR count). The van der Waals surface area contributed by atoms with E-state index in [1.165, 1.54) is 6.20 Å². The van der Waals surface area contributed by atoms with Gasteiger partial charge in [-0.15, -0.1) is 0 Å². The van der Waals surface area contributed by atoms with Crippen molar-refractivity contribution >= 4 is 44.9 Å². The van der Waals surface area contributed by atoms with E-state index < -0.39 is 0 Å². The van der Waals surface area contributed by atoms with Crippen LogP contribution in [0.15, 0.2) is 29.0 Å². The molecule has 0 spiro atoms. The van der Waals surface area contributed by atoms with Crippen molar-refractivity contribution in [1.29, 1.82) is 0 Å². The molecular formula is C11H9BrCl2N4O. The first-order chi connectivity index (χ1) is 9.10. The largest absolute Gasteiger partial charge is 0.486 e. The SMILES string of the molecule is NNc1cnc(COc2cc(Cl)c(Br)cc2Cl)cn1. The topological polar surface area (TPSA) is 73.1 Å². The van der Waals surface area contributed by atoms with E-state index in [1.54, 1.807) is 18.3 Å². The number of nitrogens with one attached hydrogen (secondary N) is 1. The second kappa shape index (κ2) is 6.38. The minimum Gasteiger partial charge on any atom is -0.486 e. The number of hydrogen-bond donors (Lipinski definition) is 2. The van der Waals surface area contributed by atoms with Crippen LogP contribution in [0.25, 0.3) is 0 Å². The molecule has 0 radical (unpaired) electrons. The standard InChI is InChI=1S/C11H9BrCl2N4O/c12-7-1-9(14)10(2-8(7)13)19-5-6-3-17-11(18-15)4-16-6/h1-4H,5,15H2,(H,17,18). The number of anilines is 1. The second-order valence-electron chi connectivity index (χ2n) is 3.52. The van der Waals surface area contributed by atoms with Crippen LogP contribution in [-0.2, 0) is 6.61 Å². The fourth-order valence-electron chi connectivity index (χ4n) is 1.27. The Morgan fingerprint density at radius 1 is 1.21 bits per heavy atom. The first kappa shape index (κ1) is 14.3. The highest BCUT2D eigenvalue weighted by Crippen LogP contribution is 2.34. The number of rotatable bonds is 4. The normalized spacial score (nSPS) is 10.3. The number of benzene rings is 1. The zero-order valence-corrected chi connectivity index (χ0v) is 12.6. The molecule has 3 N–H and O–H groups in total. The number of halogens is 3. The maximum Gasteiger partial charge on any atom is 0.158 e. The molecule has 0 aliphatic heterocycles. The van der Waals surface area contributed by atoms with Crippen molar-refractivity contribution in [2.45, 2.75) is 6.61 Å². The molecule has 0 amide bonds. The summed E-state index contributed by atoms with van der Waals surface area (Å²) in [6, 6.07) is 3.31. The molecule has 1 heterocycles. The molecule has 0 bridgehead atoms. The van der Waals surface area contributed by atoms with Crippen molar-refractivity contribution in [1.82, 2.24) is 9.97 Å². The summed E-state index contributed by atoms with van der Waals surface area (Å²) in [4.78, 5) is 8.14. The molecule has 0 saturated carbocycles. The Kier molecular flexibility index (Phi) is 4.81. The third-order valence-corrected chi connectivity index (χ3v) is 3.70. The van der Waals surface area contributed by atoms with Gasteiger partial charge in [0.25, 0.3) is 0 Å². The Labute approximate surface area is 128 Å². The van der Waals surface area contributed by atoms with Gasteiger partial charge in [0, 0.05) is 10.5 Å². The van der Waals surface area contributed by atoms with Crippen LogP contribution in [0, 0.1) is 0 Å². The van der Waals surface area contributed by atoms with Crippen LogP contribution in [0.3, 0.4) is 0 Å². The van der Waals surface area contributed by atoms with Crippen molar-refractivity contribution in [2.75, 3.05) is 5.43 Å². The summed E-state index contributed by atoms with van der Waals surface area (Å²) in [6.07, 6.45) is 3.07. The van der Waals surface area contributed by atoms with Crippen LogP contribution in [-0.4, -0.2) is 9.97 Å². The molecule has 0 unspecified atom stereocenters. The lowest BCUT2D eigenvalue weighted by Gasteiger charge is -2.09. The van der Waals surface area contributed by atoms with E-state index in [0.29, 0.717) is 31.8 Å². The quantitative estimate of drug-likeness (QED) is 0.494. The lowest BCUT2D eigenvalue weighted by atomic mass is 10.3. The predicted molar refractivity (Wildman–Crippen MR) is 78.3 cm³/mol. The highest BCUT2D eigenvalue weighted by molar-refractivity contribution is 9.10. The number of ether oxygens (including phenoxy) is 1. The number of hydrazine groups is 1. The van der Waals surface area contributed by atoms with Gasteiger partial charge in [-0.05, 0) is 22.0 Å². The fourth-order valence-corrected chi connectivity index (χ4v) is 2.12. The summed E-state index contributed by atoms with van der Waals surface area (Å²) in [5, 5.41) is 0.984. The minimum absolute atomic E-state index is 0.232. The van der Waals surface area contributed by atoms with E-state index in [9.17, 15) is 0 Å². The summed E-state index contributed by atoms with van der Waals surface area (Å²) < 4.78 is 6.25. The summed E-state index contributed by atoms with van der Waals surface area (Å²) in [7, 11) is 0. The number of nitrogens with two attached hydrogens (primary N) is 1. The first-order valence-corrected chi connectivity index (χ1v) is 6.70. The third-order valence-electron chi connectivity index (χ3n) is 2.20. The van der Waals surface area contributed by atoms with Crippen molar-refractivity contribution in [3.63, 3.8) is 0 Å². The lowest BCUT2D eigenvalue weighted by molar-refractivity contribution is 0.301. The summed E-state index contributed by atoms with van der Waals surface area (Å²) in [6.45, 7) is 0.232. The van der Waals surface area contributed by atoms with E-state index in [1.807, 2.05) is 0 Å². The zero-order valence-electron chi connectivity index (χ0n) is 9.53. The molecular weight excluding hydrogens is 355 g/mol. The van der Waals surface area contributed by atoms with Crippen LogP contribution >= 0.6 is 39.1 Å². The molecule has 8 heteroatoms. The molecule has 5 nitrogen and oxygen atoms in total. The average Bonchev–Trinajstić information content (AvgIpc) is 2.42. The predicted octanol–water partition coefficient (Wildman–Crippen LogP) is 3.41. The van der Waals surface area contributed by atoms with Gasteiger partial charge in [-0.25, -0.2) is 10.8 Å². The summed E-state index contributed by atoms with van der Waals surface area (Å²) >= 11 is 15.3. The molecule has 100 valence electrons. The van der Waals surface area contributed by atoms with Crippen molar-refractivity contribution in [3.8, 4) is 5.75 Å². The second-order valence-corrected chi connectivity index (χ2v) is 5.19. The Hall–Kier alpha value is -1.08. The van der Waals surface area contributed by atoms with E-state index in [-0.39, 0.29) is 6.61 Å². The van der Waals surface area contributed by atoms with Gasteiger partial charge in [-0.1, -0.05) is 23.2 Å². The third kappa shape index (κ3) is 3.70. The van der Waals surface area contributed by atoms with Gasteiger partial charge in [-0.3, -0.25) is 4.98 Å². The van der Waals surface area contributed by atoms with E-state index in [2.05, 4.69) is 31.3 Å². The van der Waals surface area contributed by atoms with Crippen LogP contribution in [0.5, 0.6) is 5.75 Å². The number of hydrogen-bond acceptors (Lipinski definition) is 5. The van der Waals surface area contributed by atoms with Crippen molar-refractivity contribution < 1.29 is 4.74 Å². The number of nitrogen functional groups attached to an aromatic ring is 1. The summed E-state index contributed by atoms with van der Waals surface area (Å²) in [5.74, 6) is 6.16. The number of aromatic nitrogens is 2. The molecule has 1 aromatic carbocycles. The highest BCUT2D eigenvalue weighted by atomic mass is 79.9. The molecule has 0 fully saturated rings. The maximum atomic E-state index is 6.04. The minimum atomic E-state index is 0.232. The Morgan fingerprint density at radius 2 is 2.00 bits per heavy atom. The van der Waals surface area contributed by atoms with E-state index in [0.717, 1.165) is 0 Å². The Bertz CT molecular complexity index is 580. The van der Waals surface area contributed by atoms with Gasteiger partial charge in [-0.2, -0.15) is 0 Å². The van der Waals surface area contributed by atoms with Gasteiger partial charge in [0.2, 0.25) is 0 Å². The van der Waals surface area contributed by atoms with Gasteiger partial charge in [0.1, 0.15) is 12.4 Å². The fraction of sp³-hybridized carbons (Fsp3) is 0.0909. The monoisotopic (exact) mass is 362 g/mol. The van der Waals surface area contributed by atoms with Gasteiger partial charge in [0.05, 0.1) is 28.1 Å². The summed E-state index contributed by atoms with van der Waals surface area (Å²) in [5.41, 5.74) is 3.04. The molecule has 19 heavy (non-hydrogen) atoms. The number of nitrogens with zero attached hydrogens (tertiary/aromatic N) is 2. The lowest BCUT2D eigenvalue weighted by Crippen LogP contribution is -2.09. The molecule has 0 aliphatic rings. The molecule has 0 aliphatic carbocycles. The molecule has 0 saturated heterocycles. The Morgan fingerprint density at radius 3 is 2.63 bits per heavy atom.